The van der Waals surface area contributed by atoms with Gasteiger partial charge in [-0.25, -0.2) is 17.1 Å². The lowest BCUT2D eigenvalue weighted by Crippen LogP contribution is -2.34. The van der Waals surface area contributed by atoms with Gasteiger partial charge in [-0.15, -0.1) is 0 Å². The zero-order chi connectivity index (χ0) is 16.4. The summed E-state index contributed by atoms with van der Waals surface area (Å²) >= 11 is 3.00. The highest BCUT2D eigenvalue weighted by atomic mass is 79.9. The van der Waals surface area contributed by atoms with Crippen LogP contribution in [0.2, 0.25) is 0 Å². The number of carbonyl (C=O) groups is 1. The van der Waals surface area contributed by atoms with Crippen LogP contribution in [0.4, 0.5) is 10.1 Å². The van der Waals surface area contributed by atoms with Crippen molar-refractivity contribution in [1.29, 1.82) is 0 Å². The monoisotopic (exact) mass is 382 g/mol. The summed E-state index contributed by atoms with van der Waals surface area (Å²) in [6.45, 7) is 1.48. The van der Waals surface area contributed by atoms with Crippen molar-refractivity contribution < 1.29 is 22.3 Å². The van der Waals surface area contributed by atoms with Crippen LogP contribution >= 0.6 is 15.9 Å². The molecule has 1 aromatic carbocycles. The van der Waals surface area contributed by atoms with Gasteiger partial charge in [0.25, 0.3) is 0 Å². The number of halogens is 2. The van der Waals surface area contributed by atoms with Gasteiger partial charge in [-0.2, -0.15) is 0 Å². The Morgan fingerprint density at radius 3 is 2.62 bits per heavy atom. The van der Waals surface area contributed by atoms with E-state index in [-0.39, 0.29) is 21.6 Å². The van der Waals surface area contributed by atoms with Gasteiger partial charge >= 0.3 is 5.97 Å². The molecule has 21 heavy (non-hydrogen) atoms. The van der Waals surface area contributed by atoms with Gasteiger partial charge in [-0.1, -0.05) is 6.92 Å². The fourth-order valence-corrected chi connectivity index (χ4v) is 3.94. The van der Waals surface area contributed by atoms with Crippen molar-refractivity contribution in [1.82, 2.24) is 4.31 Å². The van der Waals surface area contributed by atoms with Crippen molar-refractivity contribution in [2.75, 3.05) is 26.4 Å². The summed E-state index contributed by atoms with van der Waals surface area (Å²) in [6.07, 6.45) is 0. The molecule has 1 atom stereocenters. The summed E-state index contributed by atoms with van der Waals surface area (Å²) in [4.78, 5) is 11.2. The number of rotatable bonds is 5. The molecule has 0 spiro atoms. The molecule has 2 N–H and O–H groups in total. The maximum Gasteiger partial charge on any atom is 0.309 e. The second kappa shape index (κ2) is 6.71. The third-order valence-electron chi connectivity index (χ3n) is 2.87. The number of carbonyl (C=O) groups excluding carboxylic acids is 1. The number of ether oxygens (including phenoxy) is 1. The molecule has 1 unspecified atom stereocenters. The van der Waals surface area contributed by atoms with Crippen LogP contribution in [0.25, 0.3) is 0 Å². The zero-order valence-electron chi connectivity index (χ0n) is 11.8. The van der Waals surface area contributed by atoms with Gasteiger partial charge in [0.15, 0.2) is 0 Å². The Morgan fingerprint density at radius 2 is 2.10 bits per heavy atom. The van der Waals surface area contributed by atoms with Crippen LogP contribution in [0, 0.1) is 11.7 Å². The number of esters is 1. The van der Waals surface area contributed by atoms with Crippen molar-refractivity contribution in [3.8, 4) is 0 Å². The quantitative estimate of drug-likeness (QED) is 0.616. The number of anilines is 1. The molecule has 0 heterocycles. The Labute approximate surface area is 131 Å². The van der Waals surface area contributed by atoms with Gasteiger partial charge in [0.1, 0.15) is 5.82 Å². The third kappa shape index (κ3) is 3.92. The van der Waals surface area contributed by atoms with Crippen LogP contribution in [0.1, 0.15) is 6.92 Å². The van der Waals surface area contributed by atoms with E-state index in [2.05, 4.69) is 20.7 Å². The van der Waals surface area contributed by atoms with Crippen molar-refractivity contribution in [2.24, 2.45) is 5.92 Å². The SMILES string of the molecule is COC(=O)C(C)CN(C)S(=O)(=O)c1cc(N)c(F)cc1Br. The molecular formula is C12H16BrFN2O4S. The molecule has 0 saturated carbocycles. The van der Waals surface area contributed by atoms with Crippen LogP contribution in [0.15, 0.2) is 21.5 Å². The van der Waals surface area contributed by atoms with E-state index in [0.717, 1.165) is 16.4 Å². The van der Waals surface area contributed by atoms with E-state index < -0.39 is 27.7 Å². The molecule has 0 aliphatic heterocycles. The van der Waals surface area contributed by atoms with E-state index in [1.807, 2.05) is 0 Å². The van der Waals surface area contributed by atoms with Crippen molar-refractivity contribution in [3.63, 3.8) is 0 Å². The van der Waals surface area contributed by atoms with Crippen LogP contribution in [0.3, 0.4) is 0 Å². The maximum absolute atomic E-state index is 13.3. The molecule has 1 aromatic rings. The Morgan fingerprint density at radius 1 is 1.52 bits per heavy atom. The number of sulfonamides is 1. The number of methoxy groups -OCH3 is 1. The number of benzene rings is 1. The molecule has 0 radical (unpaired) electrons. The van der Waals surface area contributed by atoms with E-state index in [4.69, 9.17) is 5.73 Å². The van der Waals surface area contributed by atoms with Crippen LogP contribution < -0.4 is 5.73 Å². The lowest BCUT2D eigenvalue weighted by atomic mass is 10.2. The molecule has 0 aliphatic carbocycles. The lowest BCUT2D eigenvalue weighted by molar-refractivity contribution is -0.144. The second-order valence-electron chi connectivity index (χ2n) is 4.51. The minimum absolute atomic E-state index is 0.0618. The standard InChI is InChI=1S/C12H16BrFN2O4S/c1-7(12(17)20-3)6-16(2)21(18,19)11-5-10(15)9(14)4-8(11)13/h4-5,7H,6,15H2,1-3H3. The van der Waals surface area contributed by atoms with Gasteiger partial charge in [-0.05, 0) is 28.1 Å². The summed E-state index contributed by atoms with van der Waals surface area (Å²) in [5, 5.41) is 0. The average molecular weight is 383 g/mol. The highest BCUT2D eigenvalue weighted by molar-refractivity contribution is 9.10. The molecule has 0 saturated heterocycles. The van der Waals surface area contributed by atoms with Crippen LogP contribution in [-0.4, -0.2) is 39.4 Å². The van der Waals surface area contributed by atoms with Crippen LogP contribution in [0.5, 0.6) is 0 Å². The fraction of sp³-hybridized carbons (Fsp3) is 0.417. The normalized spacial score (nSPS) is 13.2. The summed E-state index contributed by atoms with van der Waals surface area (Å²) in [5.74, 6) is -1.87. The van der Waals surface area contributed by atoms with Gasteiger partial charge in [0.2, 0.25) is 10.0 Å². The zero-order valence-corrected chi connectivity index (χ0v) is 14.2. The average Bonchev–Trinajstić information content (AvgIpc) is 2.41. The first kappa shape index (κ1) is 17.9. The first-order valence-corrected chi connectivity index (χ1v) is 8.13. The van der Waals surface area contributed by atoms with E-state index in [9.17, 15) is 17.6 Å². The molecule has 0 aromatic heterocycles. The van der Waals surface area contributed by atoms with Gasteiger partial charge in [0, 0.05) is 18.1 Å². The number of hydrogen-bond donors (Lipinski definition) is 1. The minimum Gasteiger partial charge on any atom is -0.469 e. The maximum atomic E-state index is 13.3. The summed E-state index contributed by atoms with van der Waals surface area (Å²) in [7, 11) is -1.37. The largest absolute Gasteiger partial charge is 0.469 e. The van der Waals surface area contributed by atoms with E-state index in [1.54, 1.807) is 6.92 Å². The van der Waals surface area contributed by atoms with Crippen molar-refractivity contribution in [3.05, 3.63) is 22.4 Å². The third-order valence-corrected chi connectivity index (χ3v) is 5.66. The predicted octanol–water partition coefficient (Wildman–Crippen LogP) is 1.60. The van der Waals surface area contributed by atoms with Crippen molar-refractivity contribution >= 4 is 37.6 Å². The highest BCUT2D eigenvalue weighted by Gasteiger charge is 2.28. The van der Waals surface area contributed by atoms with E-state index in [1.165, 1.54) is 14.2 Å². The summed E-state index contributed by atoms with van der Waals surface area (Å²) in [6, 6.07) is 2.02. The smallest absolute Gasteiger partial charge is 0.309 e. The Kier molecular flexibility index (Phi) is 5.71. The first-order chi connectivity index (χ1) is 9.61. The molecule has 6 nitrogen and oxygen atoms in total. The Balaban J connectivity index is 3.11. The number of nitrogen functional groups attached to an aromatic ring is 1. The summed E-state index contributed by atoms with van der Waals surface area (Å²) < 4.78 is 43.7. The Hall–Kier alpha value is -1.19. The second-order valence-corrected chi connectivity index (χ2v) is 7.38. The molecule has 118 valence electrons. The molecule has 9 heteroatoms. The van der Waals surface area contributed by atoms with Gasteiger partial charge in [-0.3, -0.25) is 4.79 Å². The minimum atomic E-state index is -3.91. The number of nitrogens with zero attached hydrogens (tertiary/aromatic N) is 1. The van der Waals surface area contributed by atoms with E-state index in [0.29, 0.717) is 0 Å². The molecule has 0 aliphatic rings. The first-order valence-electron chi connectivity index (χ1n) is 5.90. The number of hydrogen-bond acceptors (Lipinski definition) is 5. The highest BCUT2D eigenvalue weighted by Crippen LogP contribution is 2.29. The van der Waals surface area contributed by atoms with E-state index >= 15 is 0 Å². The summed E-state index contributed by atoms with van der Waals surface area (Å²) in [5.41, 5.74) is 5.13. The van der Waals surface area contributed by atoms with Crippen molar-refractivity contribution in [2.45, 2.75) is 11.8 Å². The molecule has 1 rings (SSSR count). The topological polar surface area (TPSA) is 89.7 Å². The van der Waals surface area contributed by atoms with Gasteiger partial charge < -0.3 is 10.5 Å². The van der Waals surface area contributed by atoms with Crippen LogP contribution in [-0.2, 0) is 19.6 Å². The fourth-order valence-electron chi connectivity index (χ4n) is 1.67. The predicted molar refractivity (Wildman–Crippen MR) is 79.5 cm³/mol. The molecule has 0 bridgehead atoms. The lowest BCUT2D eigenvalue weighted by Gasteiger charge is -2.21. The Bertz CT molecular complexity index is 651. The molecule has 0 fully saturated rings. The van der Waals surface area contributed by atoms with Gasteiger partial charge in [0.05, 0.1) is 23.6 Å². The number of nitrogens with two attached hydrogens (primary N) is 1. The molecular weight excluding hydrogens is 367 g/mol. The molecule has 0 amide bonds.